The SMILES string of the molecule is CCCc1csc(NC(=O)C(=O)OCC)c1CC. The van der Waals surface area contributed by atoms with E-state index in [-0.39, 0.29) is 6.61 Å². The summed E-state index contributed by atoms with van der Waals surface area (Å²) in [4.78, 5) is 22.8. The second-order valence-electron chi connectivity index (χ2n) is 3.85. The van der Waals surface area contributed by atoms with Crippen molar-refractivity contribution in [2.45, 2.75) is 40.0 Å². The molecule has 0 aliphatic carbocycles. The third-order valence-electron chi connectivity index (χ3n) is 2.54. The number of esters is 1. The minimum Gasteiger partial charge on any atom is -0.459 e. The van der Waals surface area contributed by atoms with Crippen LogP contribution >= 0.6 is 11.3 Å². The zero-order chi connectivity index (χ0) is 13.5. The molecule has 1 rings (SSSR count). The zero-order valence-electron chi connectivity index (χ0n) is 11.0. The second-order valence-corrected chi connectivity index (χ2v) is 4.73. The maximum Gasteiger partial charge on any atom is 0.397 e. The highest BCUT2D eigenvalue weighted by Gasteiger charge is 2.18. The molecule has 0 bridgehead atoms. The van der Waals surface area contributed by atoms with Crippen LogP contribution in [0.25, 0.3) is 0 Å². The van der Waals surface area contributed by atoms with Crippen molar-refractivity contribution in [3.8, 4) is 0 Å². The van der Waals surface area contributed by atoms with Crippen LogP contribution in [0.5, 0.6) is 0 Å². The van der Waals surface area contributed by atoms with Gasteiger partial charge in [-0.2, -0.15) is 0 Å². The van der Waals surface area contributed by atoms with E-state index in [1.165, 1.54) is 16.9 Å². The van der Waals surface area contributed by atoms with Crippen LogP contribution in [0, 0.1) is 0 Å². The van der Waals surface area contributed by atoms with Gasteiger partial charge >= 0.3 is 11.9 Å². The summed E-state index contributed by atoms with van der Waals surface area (Å²) in [6, 6.07) is 0. The van der Waals surface area contributed by atoms with Crippen molar-refractivity contribution in [1.29, 1.82) is 0 Å². The van der Waals surface area contributed by atoms with Crippen molar-refractivity contribution in [2.75, 3.05) is 11.9 Å². The molecule has 18 heavy (non-hydrogen) atoms. The number of nitrogens with one attached hydrogen (secondary N) is 1. The first kappa shape index (κ1) is 14.7. The van der Waals surface area contributed by atoms with Gasteiger partial charge in [-0.1, -0.05) is 20.3 Å². The highest BCUT2D eigenvalue weighted by atomic mass is 32.1. The third-order valence-corrected chi connectivity index (χ3v) is 3.53. The fourth-order valence-corrected chi connectivity index (χ4v) is 2.83. The van der Waals surface area contributed by atoms with Crippen molar-refractivity contribution >= 4 is 28.2 Å². The average Bonchev–Trinajstić information content (AvgIpc) is 2.72. The predicted octanol–water partition coefficient (Wildman–Crippen LogP) is 2.76. The molecule has 0 fully saturated rings. The monoisotopic (exact) mass is 269 g/mol. The van der Waals surface area contributed by atoms with Gasteiger partial charge in [-0.25, -0.2) is 4.79 Å². The average molecular weight is 269 g/mol. The molecule has 1 amide bonds. The standard InChI is InChI=1S/C13H19NO3S/c1-4-7-9-8-18-12(10(9)5-2)14-11(15)13(16)17-6-3/h8H,4-7H2,1-3H3,(H,14,15). The number of carbonyl (C=O) groups is 2. The van der Waals surface area contributed by atoms with Gasteiger partial charge in [0.05, 0.1) is 11.6 Å². The minimum atomic E-state index is -0.829. The molecule has 1 N–H and O–H groups in total. The van der Waals surface area contributed by atoms with Gasteiger partial charge in [-0.15, -0.1) is 11.3 Å². The number of carbonyl (C=O) groups excluding carboxylic acids is 2. The first-order valence-corrected chi connectivity index (χ1v) is 7.09. The summed E-state index contributed by atoms with van der Waals surface area (Å²) in [5.41, 5.74) is 2.38. The van der Waals surface area contributed by atoms with Gasteiger partial charge in [0.25, 0.3) is 0 Å². The Kier molecular flexibility index (Phi) is 5.85. The molecular formula is C13H19NO3S. The number of rotatable bonds is 5. The normalized spacial score (nSPS) is 10.2. The Balaban J connectivity index is 2.78. The number of anilines is 1. The highest BCUT2D eigenvalue weighted by Crippen LogP contribution is 2.29. The molecule has 0 aliphatic rings. The maximum absolute atomic E-state index is 11.6. The van der Waals surface area contributed by atoms with Gasteiger partial charge in [0.2, 0.25) is 0 Å². The van der Waals surface area contributed by atoms with E-state index in [0.717, 1.165) is 29.8 Å². The molecular weight excluding hydrogens is 250 g/mol. The summed E-state index contributed by atoms with van der Waals surface area (Å²) in [5, 5.41) is 5.44. The van der Waals surface area contributed by atoms with Crippen LogP contribution in [0.15, 0.2) is 5.38 Å². The molecule has 0 saturated carbocycles. The third kappa shape index (κ3) is 3.57. The van der Waals surface area contributed by atoms with Gasteiger partial charge in [-0.3, -0.25) is 4.79 Å². The van der Waals surface area contributed by atoms with E-state index < -0.39 is 11.9 Å². The Morgan fingerprint density at radius 3 is 2.61 bits per heavy atom. The molecule has 0 unspecified atom stereocenters. The van der Waals surface area contributed by atoms with Crippen molar-refractivity contribution in [1.82, 2.24) is 0 Å². The smallest absolute Gasteiger partial charge is 0.397 e. The van der Waals surface area contributed by atoms with Crippen LogP contribution in [0.3, 0.4) is 0 Å². The lowest BCUT2D eigenvalue weighted by atomic mass is 10.1. The molecule has 0 atom stereocenters. The molecule has 5 heteroatoms. The maximum atomic E-state index is 11.6. The molecule has 0 aromatic carbocycles. The van der Waals surface area contributed by atoms with Gasteiger partial charge in [0.1, 0.15) is 0 Å². The van der Waals surface area contributed by atoms with Gasteiger partial charge in [0, 0.05) is 0 Å². The van der Waals surface area contributed by atoms with Crippen LogP contribution in [0.2, 0.25) is 0 Å². The van der Waals surface area contributed by atoms with E-state index in [0.29, 0.717) is 0 Å². The lowest BCUT2D eigenvalue weighted by molar-refractivity contribution is -0.152. The topological polar surface area (TPSA) is 55.4 Å². The zero-order valence-corrected chi connectivity index (χ0v) is 11.9. The Morgan fingerprint density at radius 1 is 1.33 bits per heavy atom. The molecule has 0 radical (unpaired) electrons. The Morgan fingerprint density at radius 2 is 2.06 bits per heavy atom. The van der Waals surface area contributed by atoms with Crippen LogP contribution < -0.4 is 5.32 Å². The number of thiophene rings is 1. The summed E-state index contributed by atoms with van der Waals surface area (Å²) in [7, 11) is 0. The summed E-state index contributed by atoms with van der Waals surface area (Å²) in [5.74, 6) is -1.53. The summed E-state index contributed by atoms with van der Waals surface area (Å²) in [6.45, 7) is 6.04. The first-order chi connectivity index (χ1) is 8.63. The van der Waals surface area contributed by atoms with Crippen LogP contribution in [-0.4, -0.2) is 18.5 Å². The lowest BCUT2D eigenvalue weighted by Crippen LogP contribution is -2.25. The van der Waals surface area contributed by atoms with Gasteiger partial charge < -0.3 is 10.1 Å². The summed E-state index contributed by atoms with van der Waals surface area (Å²) < 4.78 is 4.66. The van der Waals surface area contributed by atoms with Crippen molar-refractivity contribution in [3.05, 3.63) is 16.5 Å². The van der Waals surface area contributed by atoms with E-state index in [4.69, 9.17) is 0 Å². The number of aryl methyl sites for hydroxylation is 1. The fourth-order valence-electron chi connectivity index (χ4n) is 1.74. The van der Waals surface area contributed by atoms with Crippen molar-refractivity contribution in [2.24, 2.45) is 0 Å². The van der Waals surface area contributed by atoms with Crippen molar-refractivity contribution < 1.29 is 14.3 Å². The largest absolute Gasteiger partial charge is 0.459 e. The summed E-state index contributed by atoms with van der Waals surface area (Å²) >= 11 is 1.46. The number of ether oxygens (including phenoxy) is 1. The van der Waals surface area contributed by atoms with E-state index in [1.54, 1.807) is 6.92 Å². The fraction of sp³-hybridized carbons (Fsp3) is 0.538. The number of hydrogen-bond acceptors (Lipinski definition) is 4. The van der Waals surface area contributed by atoms with Crippen LogP contribution in [0.1, 0.15) is 38.3 Å². The highest BCUT2D eigenvalue weighted by molar-refractivity contribution is 7.14. The number of amides is 1. The van der Waals surface area contributed by atoms with Gasteiger partial charge in [-0.05, 0) is 36.3 Å². The molecule has 1 aromatic heterocycles. The molecule has 4 nitrogen and oxygen atoms in total. The molecule has 0 saturated heterocycles. The molecule has 100 valence electrons. The van der Waals surface area contributed by atoms with Crippen LogP contribution in [0.4, 0.5) is 5.00 Å². The minimum absolute atomic E-state index is 0.207. The van der Waals surface area contributed by atoms with E-state index in [2.05, 4.69) is 17.0 Å². The second kappa shape index (κ2) is 7.16. The Bertz CT molecular complexity index is 426. The molecule has 0 spiro atoms. The van der Waals surface area contributed by atoms with Crippen LogP contribution in [-0.2, 0) is 27.2 Å². The van der Waals surface area contributed by atoms with Crippen molar-refractivity contribution in [3.63, 3.8) is 0 Å². The predicted molar refractivity (Wildman–Crippen MR) is 73.0 cm³/mol. The quantitative estimate of drug-likeness (QED) is 0.660. The van der Waals surface area contributed by atoms with E-state index in [1.807, 2.05) is 12.3 Å². The molecule has 0 aliphatic heterocycles. The Hall–Kier alpha value is -1.36. The number of hydrogen-bond donors (Lipinski definition) is 1. The van der Waals surface area contributed by atoms with E-state index in [9.17, 15) is 9.59 Å². The summed E-state index contributed by atoms with van der Waals surface area (Å²) in [6.07, 6.45) is 2.90. The van der Waals surface area contributed by atoms with E-state index >= 15 is 0 Å². The Labute approximate surface area is 111 Å². The molecule has 1 heterocycles. The molecule has 1 aromatic rings. The first-order valence-electron chi connectivity index (χ1n) is 6.21. The lowest BCUT2D eigenvalue weighted by Gasteiger charge is -2.06. The van der Waals surface area contributed by atoms with Gasteiger partial charge in [0.15, 0.2) is 0 Å².